The van der Waals surface area contributed by atoms with Crippen LogP contribution in [-0.4, -0.2) is 20.9 Å². The number of carbonyl (C=O) groups excluding carboxylic acids is 1. The van der Waals surface area contributed by atoms with Crippen molar-refractivity contribution in [2.75, 3.05) is 16.6 Å². The van der Waals surface area contributed by atoms with Crippen LogP contribution in [0.4, 0.5) is 11.4 Å². The first-order valence-electron chi connectivity index (χ1n) is 8.80. The number of carbonyl (C=O) groups is 1. The normalized spacial score (nSPS) is 11.0. The Hall–Kier alpha value is -3.03. The van der Waals surface area contributed by atoms with Gasteiger partial charge in [0.05, 0.1) is 17.2 Å². The van der Waals surface area contributed by atoms with Gasteiger partial charge in [-0.25, -0.2) is 8.42 Å². The van der Waals surface area contributed by atoms with E-state index in [0.717, 1.165) is 0 Å². The van der Waals surface area contributed by atoms with Crippen molar-refractivity contribution in [3.05, 3.63) is 83.4 Å². The van der Waals surface area contributed by atoms with Gasteiger partial charge in [-0.2, -0.15) is 0 Å². The highest BCUT2D eigenvalue weighted by Crippen LogP contribution is 2.29. The van der Waals surface area contributed by atoms with Gasteiger partial charge in [-0.1, -0.05) is 35.9 Å². The molecule has 0 saturated carbocycles. The Bertz CT molecular complexity index is 1120. The zero-order valence-electron chi connectivity index (χ0n) is 15.6. The minimum atomic E-state index is -3.85. The number of para-hydroxylation sites is 1. The molecular formula is C21H19ClN2O4S. The number of ether oxygens (including phenoxy) is 1. The summed E-state index contributed by atoms with van der Waals surface area (Å²) in [7, 11) is -3.85. The molecule has 3 aromatic carbocycles. The fourth-order valence-corrected chi connectivity index (χ4v) is 3.87. The molecule has 0 unspecified atom stereocenters. The Balaban J connectivity index is 1.92. The minimum absolute atomic E-state index is 0.00815. The van der Waals surface area contributed by atoms with Gasteiger partial charge < -0.3 is 10.1 Å². The highest BCUT2D eigenvalue weighted by molar-refractivity contribution is 7.92. The second-order valence-corrected chi connectivity index (χ2v) is 8.15. The average molecular weight is 431 g/mol. The number of amides is 1. The molecule has 0 aliphatic heterocycles. The van der Waals surface area contributed by atoms with Crippen LogP contribution in [0.1, 0.15) is 17.3 Å². The highest BCUT2D eigenvalue weighted by Gasteiger charge is 2.18. The maximum atomic E-state index is 12.7. The van der Waals surface area contributed by atoms with Crippen LogP contribution in [0, 0.1) is 0 Å². The zero-order valence-corrected chi connectivity index (χ0v) is 17.1. The van der Waals surface area contributed by atoms with Gasteiger partial charge in [-0.15, -0.1) is 0 Å². The second kappa shape index (κ2) is 8.98. The number of benzene rings is 3. The molecule has 0 atom stereocenters. The lowest BCUT2D eigenvalue weighted by Crippen LogP contribution is -2.16. The fraction of sp³-hybridized carbons (Fsp3) is 0.0952. The first-order chi connectivity index (χ1) is 13.9. The molecule has 0 saturated heterocycles. The van der Waals surface area contributed by atoms with Crippen molar-refractivity contribution < 1.29 is 17.9 Å². The number of rotatable bonds is 7. The van der Waals surface area contributed by atoms with Crippen LogP contribution in [0.2, 0.25) is 5.02 Å². The second-order valence-electron chi connectivity index (χ2n) is 6.03. The summed E-state index contributed by atoms with van der Waals surface area (Å²) in [4.78, 5) is 12.6. The largest absolute Gasteiger partial charge is 0.492 e. The van der Waals surface area contributed by atoms with E-state index in [2.05, 4.69) is 10.0 Å². The van der Waals surface area contributed by atoms with Crippen LogP contribution in [-0.2, 0) is 10.0 Å². The molecule has 3 rings (SSSR count). The molecule has 0 aliphatic carbocycles. The molecule has 8 heteroatoms. The molecule has 0 radical (unpaired) electrons. The van der Waals surface area contributed by atoms with Gasteiger partial charge in [0.15, 0.2) is 0 Å². The predicted molar refractivity (Wildman–Crippen MR) is 114 cm³/mol. The van der Waals surface area contributed by atoms with E-state index in [0.29, 0.717) is 28.6 Å². The summed E-state index contributed by atoms with van der Waals surface area (Å²) in [6.45, 7) is 2.15. The van der Waals surface area contributed by atoms with Gasteiger partial charge in [0.1, 0.15) is 5.75 Å². The van der Waals surface area contributed by atoms with Crippen molar-refractivity contribution in [2.45, 2.75) is 11.8 Å². The lowest BCUT2D eigenvalue weighted by Gasteiger charge is -2.14. The number of nitrogens with one attached hydrogen (secondary N) is 2. The van der Waals surface area contributed by atoms with E-state index in [1.54, 1.807) is 55.5 Å². The Morgan fingerprint density at radius 2 is 1.76 bits per heavy atom. The molecule has 0 aliphatic rings. The standard InChI is InChI=1S/C21H19ClN2O4S/c1-2-28-20-12-11-18(29(26,27)24-17-9-4-3-5-10-17)14-19(20)23-21(25)15-7-6-8-16(22)13-15/h3-14,24H,2H2,1H3,(H,23,25). The molecule has 6 nitrogen and oxygen atoms in total. The quantitative estimate of drug-likeness (QED) is 0.564. The molecular weight excluding hydrogens is 412 g/mol. The molecule has 2 N–H and O–H groups in total. The lowest BCUT2D eigenvalue weighted by molar-refractivity contribution is 0.102. The summed E-state index contributed by atoms with van der Waals surface area (Å²) in [5, 5.41) is 3.12. The van der Waals surface area contributed by atoms with Crippen molar-refractivity contribution in [2.24, 2.45) is 0 Å². The van der Waals surface area contributed by atoms with Gasteiger partial charge in [0.2, 0.25) is 0 Å². The number of hydrogen-bond acceptors (Lipinski definition) is 4. The van der Waals surface area contributed by atoms with E-state index < -0.39 is 15.9 Å². The maximum absolute atomic E-state index is 12.7. The third-order valence-electron chi connectivity index (χ3n) is 3.92. The van der Waals surface area contributed by atoms with Crippen molar-refractivity contribution >= 4 is 38.9 Å². The van der Waals surface area contributed by atoms with E-state index in [-0.39, 0.29) is 10.6 Å². The number of halogens is 1. The van der Waals surface area contributed by atoms with Gasteiger partial charge in [0.25, 0.3) is 15.9 Å². The topological polar surface area (TPSA) is 84.5 Å². The first-order valence-corrected chi connectivity index (χ1v) is 10.7. The van der Waals surface area contributed by atoms with Crippen LogP contribution in [0.3, 0.4) is 0 Å². The summed E-state index contributed by atoms with van der Waals surface area (Å²) in [6.07, 6.45) is 0. The van der Waals surface area contributed by atoms with Crippen LogP contribution in [0.15, 0.2) is 77.7 Å². The lowest BCUT2D eigenvalue weighted by atomic mass is 10.2. The molecule has 3 aromatic rings. The number of anilines is 2. The Morgan fingerprint density at radius 1 is 1.00 bits per heavy atom. The number of sulfonamides is 1. The van der Waals surface area contributed by atoms with Gasteiger partial charge >= 0.3 is 0 Å². The minimum Gasteiger partial charge on any atom is -0.492 e. The monoisotopic (exact) mass is 430 g/mol. The van der Waals surface area contributed by atoms with E-state index in [4.69, 9.17) is 16.3 Å². The van der Waals surface area contributed by atoms with Gasteiger partial charge in [-0.05, 0) is 55.5 Å². The Labute approximate surface area is 174 Å². The summed E-state index contributed by atoms with van der Waals surface area (Å²) >= 11 is 5.94. The van der Waals surface area contributed by atoms with Crippen molar-refractivity contribution in [3.63, 3.8) is 0 Å². The molecule has 29 heavy (non-hydrogen) atoms. The van der Waals surface area contributed by atoms with E-state index in [1.807, 2.05) is 0 Å². The van der Waals surface area contributed by atoms with Gasteiger partial charge in [0, 0.05) is 16.3 Å². The fourth-order valence-electron chi connectivity index (χ4n) is 2.60. The summed E-state index contributed by atoms with van der Waals surface area (Å²) in [5.41, 5.74) is 1.02. The smallest absolute Gasteiger partial charge is 0.261 e. The third kappa shape index (κ3) is 5.28. The van der Waals surface area contributed by atoms with Crippen molar-refractivity contribution in [1.82, 2.24) is 0 Å². The molecule has 0 aromatic heterocycles. The van der Waals surface area contributed by atoms with E-state index in [9.17, 15) is 13.2 Å². The Morgan fingerprint density at radius 3 is 2.45 bits per heavy atom. The molecule has 0 fully saturated rings. The van der Waals surface area contributed by atoms with Crippen molar-refractivity contribution in [1.29, 1.82) is 0 Å². The van der Waals surface area contributed by atoms with Crippen LogP contribution < -0.4 is 14.8 Å². The molecule has 0 heterocycles. The van der Waals surface area contributed by atoms with Crippen molar-refractivity contribution in [3.8, 4) is 5.75 Å². The van der Waals surface area contributed by atoms with E-state index >= 15 is 0 Å². The Kier molecular flexibility index (Phi) is 6.41. The summed E-state index contributed by atoms with van der Waals surface area (Å²) in [6, 6.07) is 19.3. The third-order valence-corrected chi connectivity index (χ3v) is 5.54. The highest BCUT2D eigenvalue weighted by atomic mass is 35.5. The average Bonchev–Trinajstić information content (AvgIpc) is 2.70. The maximum Gasteiger partial charge on any atom is 0.261 e. The van der Waals surface area contributed by atoms with E-state index in [1.165, 1.54) is 24.3 Å². The summed E-state index contributed by atoms with van der Waals surface area (Å²) < 4.78 is 33.5. The van der Waals surface area contributed by atoms with Crippen LogP contribution in [0.25, 0.3) is 0 Å². The predicted octanol–water partition coefficient (Wildman–Crippen LogP) is 4.79. The first kappa shape index (κ1) is 20.7. The van der Waals surface area contributed by atoms with Crippen LogP contribution >= 0.6 is 11.6 Å². The SMILES string of the molecule is CCOc1ccc(S(=O)(=O)Nc2ccccc2)cc1NC(=O)c1cccc(Cl)c1. The molecule has 0 bridgehead atoms. The van der Waals surface area contributed by atoms with Gasteiger partial charge in [-0.3, -0.25) is 9.52 Å². The molecule has 150 valence electrons. The molecule has 1 amide bonds. The summed E-state index contributed by atoms with van der Waals surface area (Å²) in [5.74, 6) is -0.0689. The molecule has 0 spiro atoms. The number of hydrogen-bond donors (Lipinski definition) is 2. The zero-order chi connectivity index (χ0) is 20.9. The van der Waals surface area contributed by atoms with Crippen LogP contribution in [0.5, 0.6) is 5.75 Å².